The molecule has 6 nitrogen and oxygen atoms in total. The van der Waals surface area contributed by atoms with Crippen molar-refractivity contribution >= 4 is 17.8 Å². The molecule has 1 rings (SSSR count). The van der Waals surface area contributed by atoms with E-state index >= 15 is 0 Å². The van der Waals surface area contributed by atoms with Gasteiger partial charge in [0.05, 0.1) is 13.2 Å². The second-order valence-electron chi connectivity index (χ2n) is 4.57. The molecule has 0 aromatic carbocycles. The molecule has 108 valence electrons. The van der Waals surface area contributed by atoms with Crippen molar-refractivity contribution in [3.63, 3.8) is 0 Å². The summed E-state index contributed by atoms with van der Waals surface area (Å²) in [6.07, 6.45) is 2.02. The fraction of sp³-hybridized carbons (Fsp3) is 0.769. The third kappa shape index (κ3) is 4.54. The summed E-state index contributed by atoms with van der Waals surface area (Å²) in [5.41, 5.74) is 0. The van der Waals surface area contributed by atoms with Gasteiger partial charge in [0.25, 0.3) is 0 Å². The van der Waals surface area contributed by atoms with Crippen LogP contribution < -0.4 is 5.32 Å². The lowest BCUT2D eigenvalue weighted by Crippen LogP contribution is -2.50. The Balaban J connectivity index is 2.64. The molecule has 19 heavy (non-hydrogen) atoms. The number of hydrogen-bond acceptors (Lipinski definition) is 5. The highest BCUT2D eigenvalue weighted by Gasteiger charge is 2.37. The molecular weight excluding hydrogens is 250 g/mol. The van der Waals surface area contributed by atoms with Crippen LogP contribution >= 0.6 is 0 Å². The maximum absolute atomic E-state index is 11.9. The molecule has 0 radical (unpaired) electrons. The highest BCUT2D eigenvalue weighted by atomic mass is 16.6. The van der Waals surface area contributed by atoms with E-state index in [0.717, 1.165) is 12.8 Å². The van der Waals surface area contributed by atoms with Gasteiger partial charge in [0.2, 0.25) is 11.9 Å². The molecular formula is C13H21NO5. The fourth-order valence-corrected chi connectivity index (χ4v) is 1.75. The first-order valence-electron chi connectivity index (χ1n) is 6.64. The Morgan fingerprint density at radius 1 is 1.11 bits per heavy atom. The van der Waals surface area contributed by atoms with Crippen LogP contribution in [0.2, 0.25) is 0 Å². The quantitative estimate of drug-likeness (QED) is 0.543. The van der Waals surface area contributed by atoms with E-state index in [-0.39, 0.29) is 25.0 Å². The Bertz CT molecular complexity index is 333. The smallest absolute Gasteiger partial charge is 0.340 e. The fourth-order valence-electron chi connectivity index (χ4n) is 1.75. The first kappa shape index (κ1) is 15.5. The maximum atomic E-state index is 11.9. The van der Waals surface area contributed by atoms with Crippen LogP contribution in [0, 0.1) is 11.8 Å². The topological polar surface area (TPSA) is 81.7 Å². The van der Waals surface area contributed by atoms with Crippen molar-refractivity contribution in [1.29, 1.82) is 0 Å². The third-order valence-corrected chi connectivity index (χ3v) is 3.07. The Morgan fingerprint density at radius 2 is 1.58 bits per heavy atom. The van der Waals surface area contributed by atoms with Crippen LogP contribution in [0.25, 0.3) is 0 Å². The average Bonchev–Trinajstić information content (AvgIpc) is 3.19. The normalized spacial score (nSPS) is 15.8. The Hall–Kier alpha value is -1.59. The minimum absolute atomic E-state index is 0.142. The predicted octanol–water partition coefficient (Wildman–Crippen LogP) is 0.643. The summed E-state index contributed by atoms with van der Waals surface area (Å²) in [5.74, 6) is -1.72. The summed E-state index contributed by atoms with van der Waals surface area (Å²) in [6, 6.07) is -1.37. The molecule has 0 bridgehead atoms. The number of nitrogens with one attached hydrogen (secondary N) is 1. The minimum Gasteiger partial charge on any atom is -0.464 e. The lowest BCUT2D eigenvalue weighted by atomic mass is 10.1. The minimum atomic E-state index is -1.37. The maximum Gasteiger partial charge on any atom is 0.340 e. The summed E-state index contributed by atoms with van der Waals surface area (Å²) in [6.45, 7) is 5.34. The molecule has 1 unspecified atom stereocenters. The Kier molecular flexibility index (Phi) is 5.79. The molecule has 1 fully saturated rings. The van der Waals surface area contributed by atoms with E-state index in [0.29, 0.717) is 5.92 Å². The van der Waals surface area contributed by atoms with Crippen LogP contribution in [0.1, 0.15) is 33.6 Å². The van der Waals surface area contributed by atoms with Crippen LogP contribution in [0.15, 0.2) is 0 Å². The zero-order valence-electron chi connectivity index (χ0n) is 11.6. The van der Waals surface area contributed by atoms with E-state index in [2.05, 4.69) is 5.32 Å². The monoisotopic (exact) mass is 271 g/mol. The van der Waals surface area contributed by atoms with Crippen molar-refractivity contribution < 1.29 is 23.9 Å². The molecule has 1 amide bonds. The van der Waals surface area contributed by atoms with Crippen molar-refractivity contribution in [3.05, 3.63) is 0 Å². The van der Waals surface area contributed by atoms with Crippen LogP contribution in [-0.4, -0.2) is 37.1 Å². The van der Waals surface area contributed by atoms with E-state index in [9.17, 15) is 14.4 Å². The number of esters is 2. The summed E-state index contributed by atoms with van der Waals surface area (Å²) < 4.78 is 9.55. The van der Waals surface area contributed by atoms with Gasteiger partial charge < -0.3 is 14.8 Å². The molecule has 1 atom stereocenters. The first-order valence-corrected chi connectivity index (χ1v) is 6.64. The molecule has 1 N–H and O–H groups in total. The third-order valence-electron chi connectivity index (χ3n) is 3.07. The summed E-state index contributed by atoms with van der Waals surface area (Å²) >= 11 is 0. The molecule has 0 heterocycles. The van der Waals surface area contributed by atoms with Gasteiger partial charge in [0.1, 0.15) is 0 Å². The summed E-state index contributed by atoms with van der Waals surface area (Å²) in [5, 5.41) is 2.42. The van der Waals surface area contributed by atoms with Gasteiger partial charge in [-0.1, -0.05) is 6.92 Å². The van der Waals surface area contributed by atoms with Gasteiger partial charge in [-0.25, -0.2) is 9.59 Å². The lowest BCUT2D eigenvalue weighted by molar-refractivity contribution is -0.160. The molecule has 0 spiro atoms. The molecule has 1 aliphatic rings. The molecule has 0 aliphatic heterocycles. The van der Waals surface area contributed by atoms with E-state index < -0.39 is 18.0 Å². The number of amides is 1. The van der Waals surface area contributed by atoms with E-state index in [1.165, 1.54) is 0 Å². The van der Waals surface area contributed by atoms with Gasteiger partial charge in [0, 0.05) is 5.92 Å². The SMILES string of the molecule is CCOC(=O)C(NC(=O)C(C)C1CC1)C(=O)OCC. The second-order valence-corrected chi connectivity index (χ2v) is 4.57. The number of carbonyl (C=O) groups excluding carboxylic acids is 3. The van der Waals surface area contributed by atoms with Crippen molar-refractivity contribution in [2.45, 2.75) is 39.7 Å². The Morgan fingerprint density at radius 3 is 1.95 bits per heavy atom. The predicted molar refractivity (Wildman–Crippen MR) is 67.1 cm³/mol. The highest BCUT2D eigenvalue weighted by Crippen LogP contribution is 2.36. The van der Waals surface area contributed by atoms with E-state index in [4.69, 9.17) is 9.47 Å². The average molecular weight is 271 g/mol. The van der Waals surface area contributed by atoms with E-state index in [1.54, 1.807) is 20.8 Å². The van der Waals surface area contributed by atoms with Gasteiger partial charge in [-0.2, -0.15) is 0 Å². The summed E-state index contributed by atoms with van der Waals surface area (Å²) in [7, 11) is 0. The van der Waals surface area contributed by atoms with Gasteiger partial charge >= 0.3 is 11.9 Å². The largest absolute Gasteiger partial charge is 0.464 e. The standard InChI is InChI=1S/C13H21NO5/c1-4-18-12(16)10(13(17)19-5-2)14-11(15)8(3)9-6-7-9/h8-10H,4-7H2,1-3H3,(H,14,15). The molecule has 0 saturated heterocycles. The van der Waals surface area contributed by atoms with Gasteiger partial charge in [0.15, 0.2) is 0 Å². The number of ether oxygens (including phenoxy) is 2. The zero-order chi connectivity index (χ0) is 14.4. The molecule has 6 heteroatoms. The van der Waals surface area contributed by atoms with Gasteiger partial charge in [-0.05, 0) is 32.6 Å². The lowest BCUT2D eigenvalue weighted by Gasteiger charge is -2.18. The van der Waals surface area contributed by atoms with Crippen LogP contribution in [0.3, 0.4) is 0 Å². The highest BCUT2D eigenvalue weighted by molar-refractivity contribution is 6.02. The van der Waals surface area contributed by atoms with Crippen molar-refractivity contribution in [2.75, 3.05) is 13.2 Å². The van der Waals surface area contributed by atoms with Crippen LogP contribution in [-0.2, 0) is 23.9 Å². The number of rotatable bonds is 7. The van der Waals surface area contributed by atoms with Gasteiger partial charge in [-0.15, -0.1) is 0 Å². The molecule has 0 aromatic rings. The summed E-state index contributed by atoms with van der Waals surface area (Å²) in [4.78, 5) is 35.3. The second kappa shape index (κ2) is 7.11. The van der Waals surface area contributed by atoms with Crippen molar-refractivity contribution in [3.8, 4) is 0 Å². The molecule has 1 aliphatic carbocycles. The van der Waals surface area contributed by atoms with Crippen molar-refractivity contribution in [1.82, 2.24) is 5.32 Å². The molecule has 1 saturated carbocycles. The molecule has 0 aromatic heterocycles. The Labute approximate surface area is 112 Å². The first-order chi connectivity index (χ1) is 9.01. The number of carbonyl (C=O) groups is 3. The van der Waals surface area contributed by atoms with Crippen molar-refractivity contribution in [2.24, 2.45) is 11.8 Å². The van der Waals surface area contributed by atoms with Gasteiger partial charge in [-0.3, -0.25) is 4.79 Å². The van der Waals surface area contributed by atoms with E-state index in [1.807, 2.05) is 0 Å². The number of hydrogen-bond donors (Lipinski definition) is 1. The van der Waals surface area contributed by atoms with Crippen LogP contribution in [0.5, 0.6) is 0 Å². The van der Waals surface area contributed by atoms with Crippen LogP contribution in [0.4, 0.5) is 0 Å². The zero-order valence-corrected chi connectivity index (χ0v) is 11.6.